The summed E-state index contributed by atoms with van der Waals surface area (Å²) in [7, 11) is 1.71. The van der Waals surface area contributed by atoms with Crippen molar-refractivity contribution >= 4 is 0 Å². The first kappa shape index (κ1) is 16.3. The predicted molar refractivity (Wildman–Crippen MR) is 85.7 cm³/mol. The Morgan fingerprint density at radius 1 is 1.33 bits per heavy atom. The largest absolute Gasteiger partial charge is 0.496 e. The van der Waals surface area contributed by atoms with Crippen molar-refractivity contribution < 1.29 is 9.47 Å². The zero-order chi connectivity index (χ0) is 15.3. The molecule has 1 N–H and O–H groups in total. The van der Waals surface area contributed by atoms with E-state index in [1.54, 1.807) is 7.11 Å². The van der Waals surface area contributed by atoms with Crippen molar-refractivity contribution in [3.8, 4) is 5.75 Å². The monoisotopic (exact) mass is 292 g/mol. The molecule has 0 bridgehead atoms. The Labute approximate surface area is 128 Å². The van der Waals surface area contributed by atoms with Crippen LogP contribution in [0.2, 0.25) is 0 Å². The molecule has 1 fully saturated rings. The number of ether oxygens (including phenoxy) is 2. The number of hydrogen-bond acceptors (Lipinski definition) is 4. The summed E-state index contributed by atoms with van der Waals surface area (Å²) in [6.45, 7) is 12.1. The fraction of sp³-hybridized carbons (Fsp3) is 0.647. The van der Waals surface area contributed by atoms with Gasteiger partial charge in [0.25, 0.3) is 0 Å². The predicted octanol–water partition coefficient (Wildman–Crippen LogP) is 2.42. The number of nitrogens with zero attached hydrogens (tertiary/aromatic N) is 1. The van der Waals surface area contributed by atoms with Crippen LogP contribution in [0.4, 0.5) is 0 Å². The smallest absolute Gasteiger partial charge is 0.124 e. The van der Waals surface area contributed by atoms with Crippen LogP contribution in [0.3, 0.4) is 0 Å². The second-order valence-electron chi connectivity index (χ2n) is 6.30. The highest BCUT2D eigenvalue weighted by Crippen LogP contribution is 2.22. The molecule has 4 heteroatoms. The Morgan fingerprint density at radius 3 is 2.81 bits per heavy atom. The van der Waals surface area contributed by atoms with Gasteiger partial charge in [-0.15, -0.1) is 0 Å². The lowest BCUT2D eigenvalue weighted by molar-refractivity contribution is 0.131. The van der Waals surface area contributed by atoms with Crippen molar-refractivity contribution in [1.29, 1.82) is 0 Å². The Morgan fingerprint density at radius 2 is 2.14 bits per heavy atom. The number of piperazine rings is 1. The number of hydrogen-bond donors (Lipinski definition) is 1. The summed E-state index contributed by atoms with van der Waals surface area (Å²) in [6, 6.07) is 6.42. The molecule has 0 aliphatic carbocycles. The summed E-state index contributed by atoms with van der Waals surface area (Å²) in [5.41, 5.74) is 2.65. The number of nitrogens with one attached hydrogen (secondary N) is 1. The molecule has 0 unspecified atom stereocenters. The molecule has 0 atom stereocenters. The topological polar surface area (TPSA) is 33.7 Å². The first-order chi connectivity index (χ1) is 10.0. The maximum absolute atomic E-state index is 5.54. The van der Waals surface area contributed by atoms with Crippen LogP contribution in [0.25, 0.3) is 0 Å². The third-order valence-electron chi connectivity index (χ3n) is 3.86. The third-order valence-corrected chi connectivity index (χ3v) is 3.86. The van der Waals surface area contributed by atoms with E-state index in [1.165, 1.54) is 5.56 Å². The van der Waals surface area contributed by atoms with Gasteiger partial charge in [0.2, 0.25) is 0 Å². The van der Waals surface area contributed by atoms with Crippen molar-refractivity contribution in [3.05, 3.63) is 29.3 Å². The van der Waals surface area contributed by atoms with Crippen LogP contribution in [0.5, 0.6) is 5.75 Å². The molecular formula is C17H28N2O2. The highest BCUT2D eigenvalue weighted by atomic mass is 16.5. The van der Waals surface area contributed by atoms with E-state index >= 15 is 0 Å². The van der Waals surface area contributed by atoms with Gasteiger partial charge in [0, 0.05) is 43.9 Å². The van der Waals surface area contributed by atoms with E-state index in [1.807, 2.05) is 6.92 Å². The lowest BCUT2D eigenvalue weighted by atomic mass is 10.0. The molecule has 21 heavy (non-hydrogen) atoms. The average Bonchev–Trinajstić information content (AvgIpc) is 2.44. The summed E-state index contributed by atoms with van der Waals surface area (Å²) in [5, 5.41) is 3.55. The van der Waals surface area contributed by atoms with Gasteiger partial charge >= 0.3 is 0 Å². The number of benzene rings is 1. The minimum absolute atomic E-state index is 0.193. The summed E-state index contributed by atoms with van der Waals surface area (Å²) in [6.07, 6.45) is 0. The van der Waals surface area contributed by atoms with Gasteiger partial charge in [0.1, 0.15) is 5.75 Å². The molecule has 4 nitrogen and oxygen atoms in total. The van der Waals surface area contributed by atoms with E-state index < -0.39 is 0 Å². The molecule has 1 aromatic carbocycles. The van der Waals surface area contributed by atoms with Crippen LogP contribution in [-0.2, 0) is 17.9 Å². The Kier molecular flexibility index (Phi) is 5.62. The van der Waals surface area contributed by atoms with E-state index in [0.29, 0.717) is 6.61 Å². The van der Waals surface area contributed by atoms with E-state index in [4.69, 9.17) is 9.47 Å². The van der Waals surface area contributed by atoms with Crippen molar-refractivity contribution in [3.63, 3.8) is 0 Å². The second-order valence-corrected chi connectivity index (χ2v) is 6.30. The van der Waals surface area contributed by atoms with Gasteiger partial charge in [0.15, 0.2) is 0 Å². The van der Waals surface area contributed by atoms with E-state index in [9.17, 15) is 0 Å². The van der Waals surface area contributed by atoms with Crippen molar-refractivity contribution in [2.45, 2.75) is 39.5 Å². The third kappa shape index (κ3) is 4.70. The summed E-state index contributed by atoms with van der Waals surface area (Å²) >= 11 is 0. The van der Waals surface area contributed by atoms with Crippen LogP contribution in [-0.4, -0.2) is 43.8 Å². The SMILES string of the molecule is CCOCc1cc(CN2CCNC(C)(C)C2)ccc1OC. The molecule has 1 aliphatic heterocycles. The Balaban J connectivity index is 2.05. The maximum Gasteiger partial charge on any atom is 0.124 e. The summed E-state index contributed by atoms with van der Waals surface area (Å²) < 4.78 is 11.0. The molecule has 0 radical (unpaired) electrons. The van der Waals surface area contributed by atoms with Crippen LogP contribution in [0.15, 0.2) is 18.2 Å². The number of rotatable bonds is 6. The molecule has 1 aliphatic rings. The zero-order valence-corrected chi connectivity index (χ0v) is 13.7. The highest BCUT2D eigenvalue weighted by molar-refractivity contribution is 5.37. The van der Waals surface area contributed by atoms with E-state index in [2.05, 4.69) is 42.3 Å². The lowest BCUT2D eigenvalue weighted by Gasteiger charge is -2.39. The van der Waals surface area contributed by atoms with Gasteiger partial charge in [-0.05, 0) is 38.5 Å². The van der Waals surface area contributed by atoms with Crippen molar-refractivity contribution in [2.75, 3.05) is 33.4 Å². The van der Waals surface area contributed by atoms with Crippen LogP contribution < -0.4 is 10.1 Å². The second kappa shape index (κ2) is 7.25. The normalized spacial score (nSPS) is 18.7. The molecule has 0 amide bonds. The van der Waals surface area contributed by atoms with Gasteiger partial charge in [-0.1, -0.05) is 6.07 Å². The first-order valence-corrected chi connectivity index (χ1v) is 7.75. The molecular weight excluding hydrogens is 264 g/mol. The maximum atomic E-state index is 5.54. The molecule has 0 spiro atoms. The first-order valence-electron chi connectivity index (χ1n) is 7.75. The van der Waals surface area contributed by atoms with Gasteiger partial charge in [-0.25, -0.2) is 0 Å². The van der Waals surface area contributed by atoms with Gasteiger partial charge in [0.05, 0.1) is 13.7 Å². The quantitative estimate of drug-likeness (QED) is 0.873. The standard InChI is InChI=1S/C17H28N2O2/c1-5-21-12-15-10-14(6-7-16(15)20-4)11-19-9-8-18-17(2,3)13-19/h6-7,10,18H,5,8-9,11-13H2,1-4H3. The molecule has 118 valence electrons. The average molecular weight is 292 g/mol. The Hall–Kier alpha value is -1.10. The summed E-state index contributed by atoms with van der Waals surface area (Å²) in [4.78, 5) is 2.50. The van der Waals surface area contributed by atoms with Crippen molar-refractivity contribution in [2.24, 2.45) is 0 Å². The highest BCUT2D eigenvalue weighted by Gasteiger charge is 2.25. The van der Waals surface area contributed by atoms with Crippen molar-refractivity contribution in [1.82, 2.24) is 10.2 Å². The zero-order valence-electron chi connectivity index (χ0n) is 13.7. The van der Waals surface area contributed by atoms with Gasteiger partial charge < -0.3 is 14.8 Å². The Bertz CT molecular complexity index is 460. The fourth-order valence-corrected chi connectivity index (χ4v) is 2.89. The molecule has 1 heterocycles. The minimum atomic E-state index is 0.193. The molecule has 1 saturated heterocycles. The minimum Gasteiger partial charge on any atom is -0.496 e. The van der Waals surface area contributed by atoms with E-state index in [-0.39, 0.29) is 5.54 Å². The van der Waals surface area contributed by atoms with Gasteiger partial charge in [-0.3, -0.25) is 4.90 Å². The van der Waals surface area contributed by atoms with Gasteiger partial charge in [-0.2, -0.15) is 0 Å². The molecule has 1 aromatic rings. The van der Waals surface area contributed by atoms with Crippen LogP contribution in [0.1, 0.15) is 31.9 Å². The molecule has 2 rings (SSSR count). The summed E-state index contributed by atoms with van der Waals surface area (Å²) in [5.74, 6) is 0.910. The fourth-order valence-electron chi connectivity index (χ4n) is 2.89. The van der Waals surface area contributed by atoms with E-state index in [0.717, 1.165) is 44.1 Å². The lowest BCUT2D eigenvalue weighted by Crippen LogP contribution is -2.56. The molecule has 0 saturated carbocycles. The van der Waals surface area contributed by atoms with Crippen LogP contribution in [0, 0.1) is 0 Å². The number of methoxy groups -OCH3 is 1. The molecule has 0 aromatic heterocycles. The van der Waals surface area contributed by atoms with Crippen LogP contribution >= 0.6 is 0 Å².